The number of thioether (sulfide) groups is 1. The second-order valence-electron chi connectivity index (χ2n) is 4.08. The summed E-state index contributed by atoms with van der Waals surface area (Å²) < 4.78 is 0. The van der Waals surface area contributed by atoms with E-state index in [1.54, 1.807) is 11.3 Å². The lowest BCUT2D eigenvalue weighted by atomic mass is 10.2. The van der Waals surface area contributed by atoms with Gasteiger partial charge in [0.2, 0.25) is 0 Å². The zero-order valence-electron chi connectivity index (χ0n) is 9.53. The maximum absolute atomic E-state index is 8.79. The molecule has 2 rings (SSSR count). The summed E-state index contributed by atoms with van der Waals surface area (Å²) in [5, 5.41) is 10.0. The van der Waals surface area contributed by atoms with Crippen molar-refractivity contribution >= 4 is 23.1 Å². The van der Waals surface area contributed by atoms with Crippen molar-refractivity contribution in [1.29, 1.82) is 5.26 Å². The Balaban J connectivity index is 2.02. The maximum Gasteiger partial charge on any atom is 0.103 e. The largest absolute Gasteiger partial charge is 0.245 e. The molecule has 0 unspecified atom stereocenters. The highest BCUT2D eigenvalue weighted by Crippen LogP contribution is 2.43. The molecule has 16 heavy (non-hydrogen) atoms. The first-order valence-corrected chi connectivity index (χ1v) is 7.75. The molecule has 4 heteroatoms. The lowest BCUT2D eigenvalue weighted by Gasteiger charge is -1.94. The third kappa shape index (κ3) is 2.99. The van der Waals surface area contributed by atoms with E-state index in [1.807, 2.05) is 11.8 Å². The number of nitriles is 1. The number of hydrogen-bond donors (Lipinski definition) is 0. The molecule has 86 valence electrons. The van der Waals surface area contributed by atoms with E-state index in [1.165, 1.54) is 40.6 Å². The van der Waals surface area contributed by atoms with Crippen LogP contribution in [-0.4, -0.2) is 10.7 Å². The van der Waals surface area contributed by atoms with Crippen molar-refractivity contribution in [3.05, 3.63) is 15.6 Å². The van der Waals surface area contributed by atoms with Gasteiger partial charge < -0.3 is 0 Å². The summed E-state index contributed by atoms with van der Waals surface area (Å²) in [6.45, 7) is 2.20. The Morgan fingerprint density at radius 2 is 2.38 bits per heavy atom. The third-order valence-corrected chi connectivity index (χ3v) is 4.98. The Hall–Kier alpha value is -0.530. The summed E-state index contributed by atoms with van der Waals surface area (Å²) >= 11 is 3.69. The Morgan fingerprint density at radius 3 is 3.00 bits per heavy atom. The molecule has 1 heterocycles. The van der Waals surface area contributed by atoms with Gasteiger partial charge in [-0.15, -0.1) is 11.3 Å². The SMILES string of the molecule is CCCSCc1nc(C2CC2)c(CC#N)s1. The average molecular weight is 252 g/mol. The van der Waals surface area contributed by atoms with E-state index in [9.17, 15) is 0 Å². The average Bonchev–Trinajstić information content (AvgIpc) is 3.04. The van der Waals surface area contributed by atoms with Gasteiger partial charge in [0.15, 0.2) is 0 Å². The van der Waals surface area contributed by atoms with Crippen molar-refractivity contribution in [2.45, 2.75) is 44.3 Å². The monoisotopic (exact) mass is 252 g/mol. The molecule has 2 nitrogen and oxygen atoms in total. The van der Waals surface area contributed by atoms with Gasteiger partial charge in [0.1, 0.15) is 5.01 Å². The quantitative estimate of drug-likeness (QED) is 0.724. The first-order chi connectivity index (χ1) is 7.85. The summed E-state index contributed by atoms with van der Waals surface area (Å²) in [7, 11) is 0. The fourth-order valence-corrected chi connectivity index (χ4v) is 3.69. The predicted octanol–water partition coefficient (Wildman–Crippen LogP) is 3.73. The predicted molar refractivity (Wildman–Crippen MR) is 69.9 cm³/mol. The summed E-state index contributed by atoms with van der Waals surface area (Å²) in [5.74, 6) is 2.89. The second-order valence-corrected chi connectivity index (χ2v) is 6.35. The summed E-state index contributed by atoms with van der Waals surface area (Å²) in [5.41, 5.74) is 1.23. The molecule has 0 amide bonds. The minimum absolute atomic E-state index is 0.544. The topological polar surface area (TPSA) is 36.7 Å². The van der Waals surface area contributed by atoms with Crippen LogP contribution < -0.4 is 0 Å². The molecule has 0 saturated heterocycles. The molecule has 0 aliphatic heterocycles. The summed E-state index contributed by atoms with van der Waals surface area (Å²) in [6.07, 6.45) is 4.30. The molecule has 1 aliphatic carbocycles. The second kappa shape index (κ2) is 5.70. The van der Waals surface area contributed by atoms with Gasteiger partial charge in [-0.1, -0.05) is 6.92 Å². The van der Waals surface area contributed by atoms with Gasteiger partial charge in [-0.3, -0.25) is 0 Å². The molecule has 0 spiro atoms. The van der Waals surface area contributed by atoms with E-state index >= 15 is 0 Å². The van der Waals surface area contributed by atoms with Crippen LogP contribution in [0.3, 0.4) is 0 Å². The summed E-state index contributed by atoms with van der Waals surface area (Å²) in [6, 6.07) is 2.25. The van der Waals surface area contributed by atoms with Crippen molar-refractivity contribution in [3.63, 3.8) is 0 Å². The number of nitrogens with zero attached hydrogens (tertiary/aromatic N) is 2. The van der Waals surface area contributed by atoms with Crippen LogP contribution in [0.25, 0.3) is 0 Å². The number of rotatable bonds is 6. The van der Waals surface area contributed by atoms with Crippen LogP contribution in [0.2, 0.25) is 0 Å². The maximum atomic E-state index is 8.79. The van der Waals surface area contributed by atoms with Gasteiger partial charge in [0, 0.05) is 16.5 Å². The van der Waals surface area contributed by atoms with E-state index in [2.05, 4.69) is 13.0 Å². The van der Waals surface area contributed by atoms with Gasteiger partial charge in [0.25, 0.3) is 0 Å². The molecule has 1 fully saturated rings. The molecular formula is C12H16N2S2. The molecule has 0 atom stereocenters. The zero-order chi connectivity index (χ0) is 11.4. The van der Waals surface area contributed by atoms with E-state index in [0.717, 1.165) is 5.75 Å². The van der Waals surface area contributed by atoms with E-state index < -0.39 is 0 Å². The van der Waals surface area contributed by atoms with Gasteiger partial charge in [-0.25, -0.2) is 4.98 Å². The lowest BCUT2D eigenvalue weighted by molar-refractivity contribution is 0.999. The Morgan fingerprint density at radius 1 is 1.56 bits per heavy atom. The van der Waals surface area contributed by atoms with Crippen LogP contribution >= 0.6 is 23.1 Å². The molecule has 0 bridgehead atoms. The standard InChI is InChI=1S/C12H16N2S2/c1-2-7-15-8-11-14-12(9-3-4-9)10(16-11)5-6-13/h9H,2-5,7-8H2,1H3. The molecule has 1 saturated carbocycles. The van der Waals surface area contributed by atoms with Crippen LogP contribution in [0.15, 0.2) is 0 Å². The molecule has 1 aromatic rings. The van der Waals surface area contributed by atoms with Crippen LogP contribution in [-0.2, 0) is 12.2 Å². The molecule has 1 aromatic heterocycles. The first kappa shape index (κ1) is 11.9. The lowest BCUT2D eigenvalue weighted by Crippen LogP contribution is -1.87. The van der Waals surface area contributed by atoms with E-state index in [0.29, 0.717) is 12.3 Å². The zero-order valence-corrected chi connectivity index (χ0v) is 11.2. The van der Waals surface area contributed by atoms with Crippen LogP contribution in [0.5, 0.6) is 0 Å². The highest BCUT2D eigenvalue weighted by atomic mass is 32.2. The van der Waals surface area contributed by atoms with Gasteiger partial charge in [-0.05, 0) is 25.0 Å². The number of aromatic nitrogens is 1. The van der Waals surface area contributed by atoms with Crippen molar-refractivity contribution in [2.24, 2.45) is 0 Å². The van der Waals surface area contributed by atoms with Gasteiger partial charge in [0.05, 0.1) is 18.2 Å². The highest BCUT2D eigenvalue weighted by molar-refractivity contribution is 7.98. The highest BCUT2D eigenvalue weighted by Gasteiger charge is 2.29. The Bertz CT molecular complexity index is 388. The first-order valence-electron chi connectivity index (χ1n) is 5.78. The minimum atomic E-state index is 0.544. The number of thiazole rings is 1. The minimum Gasteiger partial charge on any atom is -0.245 e. The third-order valence-electron chi connectivity index (χ3n) is 2.55. The van der Waals surface area contributed by atoms with Gasteiger partial charge in [-0.2, -0.15) is 17.0 Å². The Kier molecular flexibility index (Phi) is 4.25. The van der Waals surface area contributed by atoms with Crippen molar-refractivity contribution in [3.8, 4) is 6.07 Å². The van der Waals surface area contributed by atoms with Crippen LogP contribution in [0.1, 0.15) is 47.7 Å². The fraction of sp³-hybridized carbons (Fsp3) is 0.667. The van der Waals surface area contributed by atoms with Crippen molar-refractivity contribution in [2.75, 3.05) is 5.75 Å². The Labute approximate surface area is 105 Å². The van der Waals surface area contributed by atoms with Crippen molar-refractivity contribution in [1.82, 2.24) is 4.98 Å². The molecular weight excluding hydrogens is 236 g/mol. The van der Waals surface area contributed by atoms with Crippen LogP contribution in [0.4, 0.5) is 0 Å². The van der Waals surface area contributed by atoms with Gasteiger partial charge >= 0.3 is 0 Å². The summed E-state index contributed by atoms with van der Waals surface area (Å²) in [4.78, 5) is 5.93. The van der Waals surface area contributed by atoms with Crippen molar-refractivity contribution < 1.29 is 0 Å². The van der Waals surface area contributed by atoms with E-state index in [-0.39, 0.29) is 0 Å². The fourth-order valence-electron chi connectivity index (χ4n) is 1.65. The molecule has 0 N–H and O–H groups in total. The smallest absolute Gasteiger partial charge is 0.103 e. The molecule has 0 aromatic carbocycles. The molecule has 1 aliphatic rings. The van der Waals surface area contributed by atoms with Crippen LogP contribution in [0, 0.1) is 11.3 Å². The molecule has 0 radical (unpaired) electrons. The number of hydrogen-bond acceptors (Lipinski definition) is 4. The normalized spacial score (nSPS) is 15.0. The van der Waals surface area contributed by atoms with E-state index in [4.69, 9.17) is 10.2 Å².